The molecule has 1 N–H and O–H groups in total. The van der Waals surface area contributed by atoms with Gasteiger partial charge in [-0.05, 0) is 45.4 Å². The molecule has 1 aliphatic heterocycles. The van der Waals surface area contributed by atoms with Crippen molar-refractivity contribution in [1.29, 1.82) is 5.26 Å². The Bertz CT molecular complexity index is 1120. The molecule has 7 nitrogen and oxygen atoms in total. The molecule has 1 atom stereocenters. The number of fused-ring (bicyclic) bond motifs is 1. The number of allylic oxidation sites excluding steroid dienone is 2. The first kappa shape index (κ1) is 22.0. The predicted molar refractivity (Wildman–Crippen MR) is 115 cm³/mol. The zero-order chi connectivity index (χ0) is 22.5. The summed E-state index contributed by atoms with van der Waals surface area (Å²) < 4.78 is 10.9. The molecule has 1 aromatic heterocycles. The standard InChI is InChI=1S/C24H25N3O4/c1-14(2)31-24(29)21-16(4)27-15(3)20(23(28)30-13-7-11-25)22(21)18-10-12-26-19-9-6-5-8-17(18)19/h5-6,8-10,12,14,22,27H,7,13H2,1-4H3. The van der Waals surface area contributed by atoms with Crippen molar-refractivity contribution in [2.75, 3.05) is 6.61 Å². The average Bonchev–Trinajstić information content (AvgIpc) is 2.72. The van der Waals surface area contributed by atoms with E-state index in [-0.39, 0.29) is 19.1 Å². The summed E-state index contributed by atoms with van der Waals surface area (Å²) in [4.78, 5) is 30.6. The Labute approximate surface area is 181 Å². The van der Waals surface area contributed by atoms with Crippen LogP contribution in [0.25, 0.3) is 10.9 Å². The molecule has 31 heavy (non-hydrogen) atoms. The minimum atomic E-state index is -0.699. The summed E-state index contributed by atoms with van der Waals surface area (Å²) in [6, 6.07) is 11.3. The average molecular weight is 419 g/mol. The number of para-hydroxylation sites is 1. The molecule has 0 aliphatic carbocycles. The quantitative estimate of drug-likeness (QED) is 0.560. The molecule has 0 saturated carbocycles. The van der Waals surface area contributed by atoms with Gasteiger partial charge < -0.3 is 14.8 Å². The van der Waals surface area contributed by atoms with Crippen molar-refractivity contribution >= 4 is 22.8 Å². The van der Waals surface area contributed by atoms with Crippen LogP contribution in [-0.2, 0) is 19.1 Å². The smallest absolute Gasteiger partial charge is 0.337 e. The van der Waals surface area contributed by atoms with E-state index in [0.717, 1.165) is 16.5 Å². The Kier molecular flexibility index (Phi) is 6.71. The number of nitrogens with zero attached hydrogens (tertiary/aromatic N) is 2. The highest BCUT2D eigenvalue weighted by atomic mass is 16.5. The van der Waals surface area contributed by atoms with Crippen LogP contribution in [-0.4, -0.2) is 29.6 Å². The molecule has 0 bridgehead atoms. The van der Waals surface area contributed by atoms with E-state index in [9.17, 15) is 9.59 Å². The zero-order valence-electron chi connectivity index (χ0n) is 18.1. The van der Waals surface area contributed by atoms with Gasteiger partial charge in [0.1, 0.15) is 6.61 Å². The maximum absolute atomic E-state index is 13.1. The van der Waals surface area contributed by atoms with Gasteiger partial charge in [-0.3, -0.25) is 4.98 Å². The lowest BCUT2D eigenvalue weighted by molar-refractivity contribution is -0.143. The molecule has 0 radical (unpaired) electrons. The van der Waals surface area contributed by atoms with Crippen LogP contribution >= 0.6 is 0 Å². The number of ether oxygens (including phenoxy) is 2. The number of carbonyl (C=O) groups is 2. The SMILES string of the molecule is CC1=C(C(=O)OCCC#N)C(c2ccnc3ccccc23)C(C(=O)OC(C)C)=C(C)N1. The van der Waals surface area contributed by atoms with E-state index in [0.29, 0.717) is 22.5 Å². The molecule has 7 heteroatoms. The Morgan fingerprint density at radius 1 is 1.13 bits per heavy atom. The van der Waals surface area contributed by atoms with Gasteiger partial charge >= 0.3 is 11.9 Å². The van der Waals surface area contributed by atoms with Gasteiger partial charge in [0.2, 0.25) is 0 Å². The number of esters is 2. The van der Waals surface area contributed by atoms with Crippen LogP contribution in [0.15, 0.2) is 59.1 Å². The Hall–Kier alpha value is -3.66. The largest absolute Gasteiger partial charge is 0.461 e. The molecule has 0 spiro atoms. The lowest BCUT2D eigenvalue weighted by Crippen LogP contribution is -2.33. The number of benzene rings is 1. The molecular weight excluding hydrogens is 394 g/mol. The molecule has 0 fully saturated rings. The van der Waals surface area contributed by atoms with E-state index in [1.165, 1.54) is 0 Å². The number of nitriles is 1. The summed E-state index contributed by atoms with van der Waals surface area (Å²) in [5, 5.41) is 12.7. The molecule has 2 heterocycles. The van der Waals surface area contributed by atoms with Crippen molar-refractivity contribution in [2.24, 2.45) is 0 Å². The van der Waals surface area contributed by atoms with Gasteiger partial charge in [0.15, 0.2) is 0 Å². The maximum Gasteiger partial charge on any atom is 0.337 e. The topological polar surface area (TPSA) is 101 Å². The number of dihydropyridines is 1. The fourth-order valence-corrected chi connectivity index (χ4v) is 3.76. The second kappa shape index (κ2) is 9.43. The number of pyridine rings is 1. The van der Waals surface area contributed by atoms with Crippen molar-refractivity contribution in [3.05, 3.63) is 64.6 Å². The van der Waals surface area contributed by atoms with Crippen molar-refractivity contribution in [2.45, 2.75) is 46.1 Å². The molecule has 0 amide bonds. The van der Waals surface area contributed by atoms with Gasteiger partial charge in [-0.2, -0.15) is 5.26 Å². The summed E-state index contributed by atoms with van der Waals surface area (Å²) in [5.41, 5.74) is 3.38. The van der Waals surface area contributed by atoms with Crippen molar-refractivity contribution < 1.29 is 19.1 Å². The van der Waals surface area contributed by atoms with Crippen LogP contribution in [0.1, 0.15) is 45.6 Å². The van der Waals surface area contributed by atoms with Gasteiger partial charge in [0.25, 0.3) is 0 Å². The molecular formula is C24H25N3O4. The number of hydrogen-bond acceptors (Lipinski definition) is 7. The van der Waals surface area contributed by atoms with Crippen LogP contribution in [0.2, 0.25) is 0 Å². The van der Waals surface area contributed by atoms with Crippen molar-refractivity contribution in [3.63, 3.8) is 0 Å². The Morgan fingerprint density at radius 3 is 2.48 bits per heavy atom. The van der Waals surface area contributed by atoms with E-state index < -0.39 is 17.9 Å². The minimum Gasteiger partial charge on any atom is -0.461 e. The minimum absolute atomic E-state index is 0.0234. The molecule has 1 unspecified atom stereocenters. The van der Waals surface area contributed by atoms with Gasteiger partial charge in [-0.1, -0.05) is 18.2 Å². The first-order chi connectivity index (χ1) is 14.8. The van der Waals surface area contributed by atoms with Gasteiger partial charge in [-0.15, -0.1) is 0 Å². The van der Waals surface area contributed by atoms with E-state index in [1.807, 2.05) is 36.4 Å². The predicted octanol–water partition coefficient (Wildman–Crippen LogP) is 3.88. The lowest BCUT2D eigenvalue weighted by Gasteiger charge is -2.31. The summed E-state index contributed by atoms with van der Waals surface area (Å²) in [5.74, 6) is -1.77. The Balaban J connectivity index is 2.20. The highest BCUT2D eigenvalue weighted by Crippen LogP contribution is 2.41. The highest BCUT2D eigenvalue weighted by molar-refractivity contribution is 6.01. The first-order valence-electron chi connectivity index (χ1n) is 10.1. The molecule has 2 aromatic rings. The number of aromatic nitrogens is 1. The third-order valence-electron chi connectivity index (χ3n) is 4.98. The van der Waals surface area contributed by atoms with Crippen LogP contribution in [0, 0.1) is 11.3 Å². The van der Waals surface area contributed by atoms with Crippen molar-refractivity contribution in [3.8, 4) is 6.07 Å². The van der Waals surface area contributed by atoms with E-state index >= 15 is 0 Å². The third kappa shape index (κ3) is 4.58. The normalized spacial score (nSPS) is 16.2. The second-order valence-corrected chi connectivity index (χ2v) is 7.55. The summed E-state index contributed by atoms with van der Waals surface area (Å²) >= 11 is 0. The second-order valence-electron chi connectivity index (χ2n) is 7.55. The maximum atomic E-state index is 13.1. The van der Waals surface area contributed by atoms with Crippen LogP contribution in [0.4, 0.5) is 0 Å². The summed E-state index contributed by atoms with van der Waals surface area (Å²) in [6.45, 7) is 7.09. The number of rotatable bonds is 6. The molecule has 0 saturated heterocycles. The lowest BCUT2D eigenvalue weighted by atomic mass is 9.79. The van der Waals surface area contributed by atoms with Gasteiger partial charge in [0, 0.05) is 23.0 Å². The monoisotopic (exact) mass is 419 g/mol. The summed E-state index contributed by atoms with van der Waals surface area (Å²) in [7, 11) is 0. The molecule has 1 aromatic carbocycles. The number of nitrogens with one attached hydrogen (secondary N) is 1. The van der Waals surface area contributed by atoms with Gasteiger partial charge in [-0.25, -0.2) is 9.59 Å². The fourth-order valence-electron chi connectivity index (χ4n) is 3.76. The number of hydrogen-bond donors (Lipinski definition) is 1. The molecule has 3 rings (SSSR count). The van der Waals surface area contributed by atoms with E-state index in [4.69, 9.17) is 14.7 Å². The van der Waals surface area contributed by atoms with E-state index in [2.05, 4.69) is 10.3 Å². The summed E-state index contributed by atoms with van der Waals surface area (Å²) in [6.07, 6.45) is 1.43. The molecule has 160 valence electrons. The molecule has 1 aliphatic rings. The van der Waals surface area contributed by atoms with Crippen LogP contribution < -0.4 is 5.32 Å². The highest BCUT2D eigenvalue weighted by Gasteiger charge is 2.39. The number of carbonyl (C=O) groups excluding carboxylic acids is 2. The third-order valence-corrected chi connectivity index (χ3v) is 4.98. The Morgan fingerprint density at radius 2 is 1.81 bits per heavy atom. The zero-order valence-corrected chi connectivity index (χ0v) is 18.1. The van der Waals surface area contributed by atoms with Gasteiger partial charge in [0.05, 0.1) is 41.2 Å². The van der Waals surface area contributed by atoms with Crippen LogP contribution in [0.3, 0.4) is 0 Å². The fraction of sp³-hybridized carbons (Fsp3) is 0.333. The van der Waals surface area contributed by atoms with E-state index in [1.54, 1.807) is 33.9 Å². The van der Waals surface area contributed by atoms with Crippen molar-refractivity contribution in [1.82, 2.24) is 10.3 Å². The first-order valence-corrected chi connectivity index (χ1v) is 10.1. The van der Waals surface area contributed by atoms with Crippen LogP contribution in [0.5, 0.6) is 0 Å².